The van der Waals surface area contributed by atoms with Crippen molar-refractivity contribution in [2.75, 3.05) is 0 Å². The van der Waals surface area contributed by atoms with Crippen molar-refractivity contribution in [3.05, 3.63) is 0 Å². The van der Waals surface area contributed by atoms with Crippen LogP contribution in [0.2, 0.25) is 0 Å². The molecule has 8 heavy (non-hydrogen) atoms. The zero-order valence-corrected chi connectivity index (χ0v) is 7.50. The van der Waals surface area contributed by atoms with Crippen molar-refractivity contribution in [3.8, 4) is 0 Å². The zero-order chi connectivity index (χ0) is 5.86. The van der Waals surface area contributed by atoms with Crippen LogP contribution in [0.25, 0.3) is 0 Å². The van der Waals surface area contributed by atoms with Gasteiger partial charge in [-0.05, 0) is 0 Å². The molecule has 0 saturated carbocycles. The van der Waals surface area contributed by atoms with Gasteiger partial charge >= 0.3 is 5.97 Å². The molecule has 2 nitrogen and oxygen atoms in total. The Balaban J connectivity index is 0. The van der Waals surface area contributed by atoms with Crippen molar-refractivity contribution in [2.24, 2.45) is 5.92 Å². The number of hydrogen-bond acceptors (Lipinski definition) is 2. The Labute approximate surface area is 65.3 Å². The molecule has 0 bridgehead atoms. The Kier molecular flexibility index (Phi) is 8.09. The minimum atomic E-state index is -0.190. The van der Waals surface area contributed by atoms with Gasteiger partial charge in [0, 0.05) is 20.4 Å². The molecule has 4 heteroatoms. The summed E-state index contributed by atoms with van der Waals surface area (Å²) in [4.78, 5) is 10.3. The van der Waals surface area contributed by atoms with Crippen molar-refractivity contribution < 1.29 is 29.7 Å². The molecule has 0 saturated heterocycles. The first kappa shape index (κ1) is 11.4. The van der Waals surface area contributed by atoms with Gasteiger partial charge in [-0.3, -0.25) is 4.79 Å². The molecule has 0 aromatic rings. The average molecular weight is 227 g/mol. The van der Waals surface area contributed by atoms with Gasteiger partial charge in [-0.25, -0.2) is 0 Å². The monoisotopic (exact) mass is 226 g/mol. The summed E-state index contributed by atoms with van der Waals surface area (Å²) in [6, 6.07) is 0. The van der Waals surface area contributed by atoms with Gasteiger partial charge in [0.2, 0.25) is 0 Å². The second-order valence-electron chi connectivity index (χ2n) is 1.59. The van der Waals surface area contributed by atoms with Crippen molar-refractivity contribution in [3.63, 3.8) is 0 Å². The fourth-order valence-corrected chi connectivity index (χ4v) is 0.408. The summed E-state index contributed by atoms with van der Waals surface area (Å²) < 4.78 is 4.29. The van der Waals surface area contributed by atoms with Crippen LogP contribution in [0.1, 0.15) is 13.8 Å². The molecule has 0 rings (SSSR count). The third kappa shape index (κ3) is 4.71. The maximum absolute atomic E-state index is 10.3. The average Bonchev–Trinajstić information content (AvgIpc) is 1.65. The van der Waals surface area contributed by atoms with Gasteiger partial charge in [-0.15, -0.1) is 0 Å². The number of carbonyl (C=O) groups excluding carboxylic acids is 1. The second-order valence-corrected chi connectivity index (χ2v) is 1.83. The molecular weight excluding hydrogens is 217 g/mol. The molecule has 0 fully saturated rings. The maximum Gasteiger partial charge on any atom is 0.310 e. The van der Waals surface area contributed by atoms with Gasteiger partial charge in [0.05, 0.1) is 15.4 Å². The van der Waals surface area contributed by atoms with Crippen LogP contribution in [0.4, 0.5) is 0 Å². The van der Waals surface area contributed by atoms with Crippen LogP contribution in [0.15, 0.2) is 0 Å². The van der Waals surface area contributed by atoms with E-state index in [1.165, 1.54) is 0 Å². The summed E-state index contributed by atoms with van der Waals surface area (Å²) in [6.45, 7) is 3.57. The topological polar surface area (TPSA) is 26.3 Å². The predicted molar refractivity (Wildman–Crippen MR) is 30.6 cm³/mol. The van der Waals surface area contributed by atoms with Gasteiger partial charge in [-0.2, -0.15) is 0 Å². The second kappa shape index (κ2) is 5.69. The van der Waals surface area contributed by atoms with Crippen molar-refractivity contribution in [2.45, 2.75) is 13.8 Å². The first-order valence-corrected chi connectivity index (χ1v) is 2.56. The first-order valence-electron chi connectivity index (χ1n) is 2.09. The molecule has 52 valence electrons. The molecule has 0 heterocycles. The fraction of sp³-hybridized carbons (Fsp3) is 0.750. The molecule has 0 aliphatic rings. The van der Waals surface area contributed by atoms with E-state index in [2.05, 4.69) is 4.52 Å². The predicted octanol–water partition coefficient (Wildman–Crippen LogP) is 0.973. The summed E-state index contributed by atoms with van der Waals surface area (Å²) in [7, 11) is 1.91. The number of rotatable bonds is 1. The maximum atomic E-state index is 10.3. The third-order valence-corrected chi connectivity index (χ3v) is 0.820. The van der Waals surface area contributed by atoms with E-state index >= 15 is 0 Å². The molecule has 0 aromatic heterocycles. The van der Waals surface area contributed by atoms with Gasteiger partial charge in [0.1, 0.15) is 0 Å². The van der Waals surface area contributed by atoms with Crippen molar-refractivity contribution in [1.82, 2.24) is 0 Å². The largest absolute Gasteiger partial charge is 0.451 e. The van der Waals surface area contributed by atoms with E-state index in [0.717, 1.165) is 0 Å². The minimum Gasteiger partial charge on any atom is -0.451 e. The van der Waals surface area contributed by atoms with Crippen LogP contribution in [-0.2, 0) is 29.7 Å². The quantitative estimate of drug-likeness (QED) is 0.492. The van der Waals surface area contributed by atoms with Gasteiger partial charge in [0.25, 0.3) is 0 Å². The molecule has 1 atom stereocenters. The molecule has 1 unspecified atom stereocenters. The zero-order valence-electron chi connectivity index (χ0n) is 4.79. The summed E-state index contributed by atoms with van der Waals surface area (Å²) in [5.74, 6) is -0.206. The molecule has 0 aliphatic heterocycles. The Morgan fingerprint density at radius 1 is 1.62 bits per heavy atom. The molecule has 0 aromatic carbocycles. The normalized spacial score (nSPS) is 8.00. The van der Waals surface area contributed by atoms with E-state index in [-0.39, 0.29) is 32.3 Å². The first-order chi connectivity index (χ1) is 3.18. The Morgan fingerprint density at radius 2 is 2.00 bits per heavy atom. The van der Waals surface area contributed by atoms with Crippen LogP contribution in [0, 0.1) is 5.92 Å². The molecule has 0 spiro atoms. The standard InChI is InChI=1S/C4H9O2P.Pd/c1-3(2)4(5)6-7;/h3H,7H2,1-2H3;. The van der Waals surface area contributed by atoms with Gasteiger partial charge in [0.15, 0.2) is 0 Å². The molecule has 0 radical (unpaired) electrons. The van der Waals surface area contributed by atoms with E-state index in [1.807, 2.05) is 9.47 Å². The summed E-state index contributed by atoms with van der Waals surface area (Å²) in [5.41, 5.74) is 0. The van der Waals surface area contributed by atoms with Crippen LogP contribution in [0.5, 0.6) is 0 Å². The van der Waals surface area contributed by atoms with E-state index in [4.69, 9.17) is 0 Å². The van der Waals surface area contributed by atoms with Crippen LogP contribution >= 0.6 is 9.47 Å². The van der Waals surface area contributed by atoms with Crippen molar-refractivity contribution in [1.29, 1.82) is 0 Å². The molecule has 0 N–H and O–H groups in total. The summed E-state index contributed by atoms with van der Waals surface area (Å²) in [5, 5.41) is 0. The Bertz CT molecular complexity index is 74.4. The van der Waals surface area contributed by atoms with E-state index in [1.54, 1.807) is 13.8 Å². The van der Waals surface area contributed by atoms with E-state index in [9.17, 15) is 4.79 Å². The SMILES string of the molecule is CC(C)C(=O)OP.[Pd]. The Hall–Kier alpha value is 0.562. The van der Waals surface area contributed by atoms with E-state index in [0.29, 0.717) is 0 Å². The van der Waals surface area contributed by atoms with Crippen molar-refractivity contribution >= 4 is 15.4 Å². The van der Waals surface area contributed by atoms with E-state index < -0.39 is 0 Å². The molecule has 0 aliphatic carbocycles. The van der Waals surface area contributed by atoms with Crippen LogP contribution in [0.3, 0.4) is 0 Å². The minimum absolute atomic E-state index is 0. The van der Waals surface area contributed by atoms with Crippen LogP contribution in [-0.4, -0.2) is 5.97 Å². The molecular formula is C4H9O2PPd. The third-order valence-electron chi connectivity index (χ3n) is 0.588. The smallest absolute Gasteiger partial charge is 0.310 e. The number of hydrogen-bond donors (Lipinski definition) is 0. The number of carbonyl (C=O) groups is 1. The molecule has 0 amide bonds. The van der Waals surface area contributed by atoms with Gasteiger partial charge in [-0.1, -0.05) is 13.8 Å². The Morgan fingerprint density at radius 3 is 2.00 bits per heavy atom. The fourth-order valence-electron chi connectivity index (χ4n) is 0.136. The van der Waals surface area contributed by atoms with Crippen LogP contribution < -0.4 is 0 Å². The summed E-state index contributed by atoms with van der Waals surface area (Å²) in [6.07, 6.45) is 0. The van der Waals surface area contributed by atoms with Gasteiger partial charge < -0.3 is 4.52 Å². The summed E-state index contributed by atoms with van der Waals surface area (Å²) >= 11 is 0.